The molecular formula is C34H39F2N5O5S. The van der Waals surface area contributed by atoms with Crippen molar-refractivity contribution < 1.29 is 32.6 Å². The number of hydrogen-bond acceptors (Lipinski definition) is 9. The molecule has 1 aliphatic heterocycles. The van der Waals surface area contributed by atoms with Crippen LogP contribution in [0.5, 0.6) is 0 Å². The van der Waals surface area contributed by atoms with Crippen molar-refractivity contribution in [1.82, 2.24) is 15.0 Å². The Hall–Kier alpha value is -4.39. The number of fused-ring (bicyclic) bond motifs is 1. The molecule has 4 heterocycles. The van der Waals surface area contributed by atoms with E-state index >= 15 is 0 Å². The van der Waals surface area contributed by atoms with E-state index in [9.17, 15) is 23.2 Å². The maximum absolute atomic E-state index is 14.8. The molecule has 47 heavy (non-hydrogen) atoms. The number of pyridine rings is 1. The molecule has 250 valence electrons. The van der Waals surface area contributed by atoms with Crippen LogP contribution in [0.3, 0.4) is 0 Å². The smallest absolute Gasteiger partial charge is 0.412 e. The number of piperidine rings is 1. The van der Waals surface area contributed by atoms with Crippen molar-refractivity contribution in [2.24, 2.45) is 5.92 Å². The third-order valence-electron chi connectivity index (χ3n) is 7.38. The van der Waals surface area contributed by atoms with Gasteiger partial charge in [0.2, 0.25) is 0 Å². The maximum atomic E-state index is 14.8. The van der Waals surface area contributed by atoms with Gasteiger partial charge in [-0.1, -0.05) is 17.4 Å². The molecule has 10 nitrogen and oxygen atoms in total. The predicted octanol–water partition coefficient (Wildman–Crippen LogP) is 7.69. The highest BCUT2D eigenvalue weighted by Gasteiger charge is 2.30. The summed E-state index contributed by atoms with van der Waals surface area (Å²) in [6.45, 7) is 11.9. The van der Waals surface area contributed by atoms with Gasteiger partial charge in [-0.3, -0.25) is 14.9 Å². The molecule has 0 bridgehead atoms. The van der Waals surface area contributed by atoms with Gasteiger partial charge in [-0.15, -0.1) is 0 Å². The van der Waals surface area contributed by atoms with E-state index in [1.807, 2.05) is 26.8 Å². The lowest BCUT2D eigenvalue weighted by Crippen LogP contribution is -2.38. The highest BCUT2D eigenvalue weighted by Crippen LogP contribution is 2.38. The fraction of sp³-hybridized carbons (Fsp3) is 0.441. The molecule has 0 radical (unpaired) electrons. The summed E-state index contributed by atoms with van der Waals surface area (Å²) in [4.78, 5) is 53.6. The van der Waals surface area contributed by atoms with Crippen LogP contribution in [0.2, 0.25) is 0 Å². The van der Waals surface area contributed by atoms with E-state index in [2.05, 4.69) is 25.2 Å². The normalized spacial score (nSPS) is 15.5. The van der Waals surface area contributed by atoms with E-state index in [0.717, 1.165) is 47.4 Å². The predicted molar refractivity (Wildman–Crippen MR) is 177 cm³/mol. The van der Waals surface area contributed by atoms with Crippen molar-refractivity contribution in [3.8, 4) is 10.6 Å². The molecule has 1 amide bonds. The average Bonchev–Trinajstić information content (AvgIpc) is 3.58. The van der Waals surface area contributed by atoms with Crippen LogP contribution in [-0.2, 0) is 20.7 Å². The fourth-order valence-electron chi connectivity index (χ4n) is 5.65. The Bertz CT molecular complexity index is 1790. The van der Waals surface area contributed by atoms with Crippen molar-refractivity contribution in [2.45, 2.75) is 78.4 Å². The first-order valence-electron chi connectivity index (χ1n) is 15.5. The van der Waals surface area contributed by atoms with Crippen molar-refractivity contribution in [1.29, 1.82) is 0 Å². The summed E-state index contributed by atoms with van der Waals surface area (Å²) in [5, 5.41) is 3.28. The van der Waals surface area contributed by atoms with E-state index in [4.69, 9.17) is 9.47 Å². The molecule has 1 atom stereocenters. The van der Waals surface area contributed by atoms with Gasteiger partial charge >= 0.3 is 12.1 Å². The Balaban J connectivity index is 1.48. The molecule has 0 aliphatic carbocycles. The number of carbonyl (C=O) groups is 3. The molecule has 0 spiro atoms. The van der Waals surface area contributed by atoms with Crippen LogP contribution < -0.4 is 10.2 Å². The SMILES string of the molecule is CC(C)(C)OC(=O)C[C@H]1CCCN(c2c(CC(=O)c3nc(-c4c(F)cccc4F)sc3NC(=O)OC(C)(C)C)cnc3[nH]ccc23)C1. The summed E-state index contributed by atoms with van der Waals surface area (Å²) in [5.74, 6) is -2.40. The summed E-state index contributed by atoms with van der Waals surface area (Å²) in [5.41, 5.74) is 0.0899. The first-order valence-corrected chi connectivity index (χ1v) is 16.3. The van der Waals surface area contributed by atoms with Crippen LogP contribution in [0, 0.1) is 17.6 Å². The number of nitrogens with one attached hydrogen (secondary N) is 2. The second kappa shape index (κ2) is 13.4. The van der Waals surface area contributed by atoms with Gasteiger partial charge in [-0.2, -0.15) is 0 Å². The lowest BCUT2D eigenvalue weighted by Gasteiger charge is -2.36. The highest BCUT2D eigenvalue weighted by molar-refractivity contribution is 7.19. The number of ether oxygens (including phenoxy) is 2. The molecule has 1 fully saturated rings. The number of thiazole rings is 1. The third-order valence-corrected chi connectivity index (χ3v) is 8.37. The van der Waals surface area contributed by atoms with Crippen molar-refractivity contribution in [2.75, 3.05) is 23.3 Å². The first kappa shape index (κ1) is 34.0. The van der Waals surface area contributed by atoms with Crippen LogP contribution in [0.25, 0.3) is 21.6 Å². The lowest BCUT2D eigenvalue weighted by atomic mass is 9.93. The largest absolute Gasteiger partial charge is 0.460 e. The van der Waals surface area contributed by atoms with Crippen LogP contribution >= 0.6 is 11.3 Å². The molecule has 1 saturated heterocycles. The van der Waals surface area contributed by atoms with Crippen molar-refractivity contribution in [3.05, 3.63) is 59.6 Å². The number of H-pyrrole nitrogens is 1. The second-order valence-electron chi connectivity index (χ2n) is 13.6. The topological polar surface area (TPSA) is 127 Å². The van der Waals surface area contributed by atoms with Gasteiger partial charge in [0.05, 0.1) is 17.7 Å². The Morgan fingerprint density at radius 1 is 1.06 bits per heavy atom. The zero-order chi connectivity index (χ0) is 34.1. The quantitative estimate of drug-likeness (QED) is 0.145. The van der Waals surface area contributed by atoms with E-state index in [1.54, 1.807) is 33.2 Å². The van der Waals surface area contributed by atoms with Gasteiger partial charge in [0.25, 0.3) is 0 Å². The summed E-state index contributed by atoms with van der Waals surface area (Å²) < 4.78 is 40.5. The number of anilines is 2. The van der Waals surface area contributed by atoms with E-state index < -0.39 is 40.3 Å². The number of ketones is 1. The van der Waals surface area contributed by atoms with Gasteiger partial charge < -0.3 is 19.4 Å². The summed E-state index contributed by atoms with van der Waals surface area (Å²) in [6, 6.07) is 5.32. The van der Waals surface area contributed by atoms with Gasteiger partial charge in [0.1, 0.15) is 44.2 Å². The Labute approximate surface area is 275 Å². The number of aromatic nitrogens is 3. The molecule has 3 aromatic heterocycles. The number of nitrogens with zero attached hydrogens (tertiary/aromatic N) is 3. The zero-order valence-electron chi connectivity index (χ0n) is 27.3. The molecule has 0 unspecified atom stereocenters. The Morgan fingerprint density at radius 2 is 1.77 bits per heavy atom. The number of aromatic amines is 1. The highest BCUT2D eigenvalue weighted by atomic mass is 32.1. The first-order chi connectivity index (χ1) is 22.1. The minimum atomic E-state index is -0.850. The zero-order valence-corrected chi connectivity index (χ0v) is 28.1. The molecule has 13 heteroatoms. The number of carbonyl (C=O) groups excluding carboxylic acids is 3. The van der Waals surface area contributed by atoms with Gasteiger partial charge in [0, 0.05) is 42.9 Å². The van der Waals surface area contributed by atoms with Crippen LogP contribution in [0.4, 0.5) is 24.3 Å². The van der Waals surface area contributed by atoms with Gasteiger partial charge in [-0.25, -0.2) is 23.5 Å². The number of rotatable bonds is 8. The van der Waals surface area contributed by atoms with E-state index in [-0.39, 0.29) is 40.4 Å². The molecule has 0 saturated carbocycles. The van der Waals surface area contributed by atoms with E-state index in [1.165, 1.54) is 6.07 Å². The van der Waals surface area contributed by atoms with Gasteiger partial charge in [-0.05, 0) is 78.5 Å². The van der Waals surface area contributed by atoms with Crippen LogP contribution in [0.15, 0.2) is 36.7 Å². The molecular weight excluding hydrogens is 628 g/mol. The fourth-order valence-corrected chi connectivity index (χ4v) is 6.67. The molecule has 5 rings (SSSR count). The Morgan fingerprint density at radius 3 is 2.45 bits per heavy atom. The van der Waals surface area contributed by atoms with Crippen LogP contribution in [-0.4, -0.2) is 57.1 Å². The Kier molecular flexibility index (Phi) is 9.67. The van der Waals surface area contributed by atoms with Gasteiger partial charge in [0.15, 0.2) is 5.78 Å². The number of benzene rings is 1. The summed E-state index contributed by atoms with van der Waals surface area (Å²) >= 11 is 0.781. The number of amides is 1. The van der Waals surface area contributed by atoms with E-state index in [0.29, 0.717) is 24.3 Å². The van der Waals surface area contributed by atoms with Crippen molar-refractivity contribution in [3.63, 3.8) is 0 Å². The van der Waals surface area contributed by atoms with Crippen LogP contribution in [0.1, 0.15) is 76.9 Å². The number of hydrogen-bond donors (Lipinski definition) is 2. The molecule has 1 aliphatic rings. The van der Waals surface area contributed by atoms with Crippen molar-refractivity contribution >= 4 is 50.9 Å². The molecule has 1 aromatic carbocycles. The lowest BCUT2D eigenvalue weighted by molar-refractivity contribution is -0.156. The maximum Gasteiger partial charge on any atom is 0.412 e. The second-order valence-corrected chi connectivity index (χ2v) is 14.6. The molecule has 2 N–H and O–H groups in total. The third kappa shape index (κ3) is 8.31. The minimum absolute atomic E-state index is 0.00883. The number of Topliss-reactive ketones (excluding diaryl/α,β-unsaturated/α-hetero) is 1. The molecule has 4 aromatic rings. The standard InChI is InChI=1S/C34H39F2N5O5S/c1-33(2,3)45-25(43)15-19-9-8-14-41(18-19)28-20(17-38-29-21(28)12-13-37-29)16-24(42)27-31(40-32(44)46-34(4,5)6)47-30(39-27)26-22(35)10-7-11-23(26)36/h7,10-13,17,19H,8-9,14-16,18H2,1-6H3,(H,37,38)(H,40,44)/t19-/m1/s1. The number of halogens is 2. The monoisotopic (exact) mass is 667 g/mol. The number of esters is 1. The average molecular weight is 668 g/mol. The summed E-state index contributed by atoms with van der Waals surface area (Å²) in [6.07, 6.45) is 4.36. The summed E-state index contributed by atoms with van der Waals surface area (Å²) in [7, 11) is 0. The minimum Gasteiger partial charge on any atom is -0.460 e.